The molecule has 2 amide bonds. The molecule has 0 aromatic rings. The zero-order valence-corrected chi connectivity index (χ0v) is 14.1. The van der Waals surface area contributed by atoms with Crippen molar-refractivity contribution in [3.05, 3.63) is 0 Å². The number of hydrogen-bond acceptors (Lipinski definition) is 4. The van der Waals surface area contributed by atoms with Gasteiger partial charge in [0.15, 0.2) is 0 Å². The van der Waals surface area contributed by atoms with Crippen LogP contribution in [0.1, 0.15) is 46.5 Å². The van der Waals surface area contributed by atoms with E-state index < -0.39 is 17.4 Å². The van der Waals surface area contributed by atoms with Gasteiger partial charge >= 0.3 is 0 Å². The molecule has 1 fully saturated rings. The summed E-state index contributed by atoms with van der Waals surface area (Å²) in [6, 6.07) is -0.820. The molecule has 1 saturated carbocycles. The predicted octanol–water partition coefficient (Wildman–Crippen LogP) is 0.679. The van der Waals surface area contributed by atoms with Crippen LogP contribution in [-0.2, 0) is 14.4 Å². The molecule has 1 aliphatic carbocycles. The summed E-state index contributed by atoms with van der Waals surface area (Å²) in [6.07, 6.45) is 3.27. The minimum atomic E-state index is -0.820. The van der Waals surface area contributed by atoms with Gasteiger partial charge in [-0.05, 0) is 12.8 Å². The van der Waals surface area contributed by atoms with E-state index in [-0.39, 0.29) is 30.1 Å². The molecular formula is C16H29N3O3. The fourth-order valence-electron chi connectivity index (χ4n) is 3.18. The summed E-state index contributed by atoms with van der Waals surface area (Å²) in [5, 5.41) is 0. The van der Waals surface area contributed by atoms with Crippen molar-refractivity contribution in [3.8, 4) is 0 Å². The van der Waals surface area contributed by atoms with E-state index in [0.29, 0.717) is 6.42 Å². The fraction of sp³-hybridized carbons (Fsp3) is 0.812. The molecule has 0 unspecified atom stereocenters. The van der Waals surface area contributed by atoms with Gasteiger partial charge in [-0.15, -0.1) is 0 Å². The maximum Gasteiger partial charge on any atom is 0.241 e. The van der Waals surface area contributed by atoms with Crippen molar-refractivity contribution in [1.82, 2.24) is 4.90 Å². The number of Topliss-reactive ketones (excluding diaryl/α,β-unsaturated/α-hetero) is 1. The number of amides is 2. The highest BCUT2D eigenvalue weighted by atomic mass is 16.2. The van der Waals surface area contributed by atoms with Crippen LogP contribution in [0.4, 0.5) is 0 Å². The van der Waals surface area contributed by atoms with Gasteiger partial charge in [0, 0.05) is 30.8 Å². The molecule has 1 rings (SSSR count). The van der Waals surface area contributed by atoms with Gasteiger partial charge in [-0.2, -0.15) is 0 Å². The molecule has 3 atom stereocenters. The number of likely N-dealkylation sites (N-methyl/N-ethyl adjacent to an activating group) is 1. The van der Waals surface area contributed by atoms with E-state index in [1.165, 1.54) is 11.9 Å². The Bertz CT molecular complexity index is 442. The van der Waals surface area contributed by atoms with Gasteiger partial charge in [0.25, 0.3) is 0 Å². The van der Waals surface area contributed by atoms with Gasteiger partial charge in [-0.3, -0.25) is 14.4 Å². The van der Waals surface area contributed by atoms with E-state index >= 15 is 0 Å². The van der Waals surface area contributed by atoms with Crippen molar-refractivity contribution in [2.24, 2.45) is 28.7 Å². The minimum absolute atomic E-state index is 0.0117. The molecule has 6 nitrogen and oxygen atoms in total. The van der Waals surface area contributed by atoms with Gasteiger partial charge in [-0.25, -0.2) is 0 Å². The molecule has 0 radical (unpaired) electrons. The van der Waals surface area contributed by atoms with Crippen molar-refractivity contribution in [1.29, 1.82) is 0 Å². The van der Waals surface area contributed by atoms with Gasteiger partial charge in [0.2, 0.25) is 11.8 Å². The van der Waals surface area contributed by atoms with E-state index in [9.17, 15) is 14.4 Å². The first-order valence-electron chi connectivity index (χ1n) is 7.91. The number of nitrogens with zero attached hydrogens (tertiary/aromatic N) is 1. The second-order valence-corrected chi connectivity index (χ2v) is 7.21. The Morgan fingerprint density at radius 2 is 1.64 bits per heavy atom. The van der Waals surface area contributed by atoms with Crippen LogP contribution in [0.5, 0.6) is 0 Å². The Morgan fingerprint density at radius 3 is 2.05 bits per heavy atom. The average Bonchev–Trinajstić information content (AvgIpc) is 2.44. The maximum atomic E-state index is 12.8. The summed E-state index contributed by atoms with van der Waals surface area (Å²) in [7, 11) is 1.54. The SMILES string of the molecule is CN(C(=O)[C@H]1CCCC[C@H]1C(=O)C(C)(C)C)[C@@H](CN)C(N)=O. The van der Waals surface area contributed by atoms with E-state index in [0.717, 1.165) is 19.3 Å². The summed E-state index contributed by atoms with van der Waals surface area (Å²) >= 11 is 0. The summed E-state index contributed by atoms with van der Waals surface area (Å²) in [5.74, 6) is -1.36. The Balaban J connectivity index is 2.97. The van der Waals surface area contributed by atoms with Gasteiger partial charge in [0.1, 0.15) is 11.8 Å². The molecule has 22 heavy (non-hydrogen) atoms. The lowest BCUT2D eigenvalue weighted by atomic mass is 9.70. The zero-order valence-electron chi connectivity index (χ0n) is 14.1. The van der Waals surface area contributed by atoms with Crippen LogP contribution in [-0.4, -0.2) is 42.1 Å². The van der Waals surface area contributed by atoms with Crippen molar-refractivity contribution >= 4 is 17.6 Å². The molecule has 4 N–H and O–H groups in total. The van der Waals surface area contributed by atoms with Crippen LogP contribution >= 0.6 is 0 Å². The lowest BCUT2D eigenvalue weighted by molar-refractivity contribution is -0.148. The largest absolute Gasteiger partial charge is 0.368 e. The highest BCUT2D eigenvalue weighted by molar-refractivity contribution is 5.93. The van der Waals surface area contributed by atoms with Crippen LogP contribution in [0, 0.1) is 17.3 Å². The third kappa shape index (κ3) is 4.06. The second kappa shape index (κ2) is 7.22. The average molecular weight is 311 g/mol. The summed E-state index contributed by atoms with van der Waals surface area (Å²) in [6.45, 7) is 5.62. The Kier molecular flexibility index (Phi) is 6.11. The third-order valence-electron chi connectivity index (χ3n) is 4.53. The van der Waals surface area contributed by atoms with Crippen LogP contribution in [0.15, 0.2) is 0 Å². The van der Waals surface area contributed by atoms with Crippen molar-refractivity contribution in [3.63, 3.8) is 0 Å². The number of hydrogen-bond donors (Lipinski definition) is 2. The Labute approximate surface area is 132 Å². The van der Waals surface area contributed by atoms with Crippen LogP contribution in [0.3, 0.4) is 0 Å². The number of carbonyl (C=O) groups excluding carboxylic acids is 3. The lowest BCUT2D eigenvalue weighted by Gasteiger charge is -2.37. The van der Waals surface area contributed by atoms with Gasteiger partial charge in [-0.1, -0.05) is 33.6 Å². The second-order valence-electron chi connectivity index (χ2n) is 7.21. The molecule has 0 bridgehead atoms. The normalized spacial score (nSPS) is 23.7. The monoisotopic (exact) mass is 311 g/mol. The summed E-state index contributed by atoms with van der Waals surface area (Å²) < 4.78 is 0. The number of primary amides is 1. The number of nitrogens with two attached hydrogens (primary N) is 2. The lowest BCUT2D eigenvalue weighted by Crippen LogP contribution is -2.53. The van der Waals surface area contributed by atoms with E-state index in [4.69, 9.17) is 11.5 Å². The predicted molar refractivity (Wildman–Crippen MR) is 84.7 cm³/mol. The first-order valence-corrected chi connectivity index (χ1v) is 7.91. The van der Waals surface area contributed by atoms with Crippen LogP contribution in [0.25, 0.3) is 0 Å². The van der Waals surface area contributed by atoms with Crippen molar-refractivity contribution in [2.75, 3.05) is 13.6 Å². The highest BCUT2D eigenvalue weighted by Crippen LogP contribution is 2.36. The summed E-state index contributed by atoms with van der Waals surface area (Å²) in [4.78, 5) is 38.1. The minimum Gasteiger partial charge on any atom is -0.368 e. The van der Waals surface area contributed by atoms with Crippen LogP contribution < -0.4 is 11.5 Å². The summed E-state index contributed by atoms with van der Waals surface area (Å²) in [5.41, 5.74) is 10.4. The number of ketones is 1. The van der Waals surface area contributed by atoms with E-state index in [1.807, 2.05) is 20.8 Å². The number of rotatable bonds is 5. The molecule has 126 valence electrons. The molecule has 0 aliphatic heterocycles. The van der Waals surface area contributed by atoms with Crippen LogP contribution in [0.2, 0.25) is 0 Å². The van der Waals surface area contributed by atoms with Crippen molar-refractivity contribution in [2.45, 2.75) is 52.5 Å². The van der Waals surface area contributed by atoms with Gasteiger partial charge in [0.05, 0.1) is 0 Å². The molecule has 0 spiro atoms. The van der Waals surface area contributed by atoms with E-state index in [2.05, 4.69) is 0 Å². The first-order chi connectivity index (χ1) is 10.1. The standard InChI is InChI=1S/C16H29N3O3/c1-16(2,3)13(20)10-7-5-6-8-11(10)15(22)19(4)12(9-17)14(18)21/h10-12H,5-9,17H2,1-4H3,(H2,18,21)/t10-,11+,12+/m1/s1. The molecule has 0 aromatic carbocycles. The molecule has 6 heteroatoms. The van der Waals surface area contributed by atoms with E-state index in [1.54, 1.807) is 0 Å². The van der Waals surface area contributed by atoms with Gasteiger partial charge < -0.3 is 16.4 Å². The quantitative estimate of drug-likeness (QED) is 0.778. The Hall–Kier alpha value is -1.43. The highest BCUT2D eigenvalue weighted by Gasteiger charge is 2.42. The Morgan fingerprint density at radius 1 is 1.14 bits per heavy atom. The number of carbonyl (C=O) groups is 3. The maximum absolute atomic E-state index is 12.8. The third-order valence-corrected chi connectivity index (χ3v) is 4.53. The fourth-order valence-corrected chi connectivity index (χ4v) is 3.18. The molecule has 0 aromatic heterocycles. The first kappa shape index (κ1) is 18.6. The zero-order chi connectivity index (χ0) is 17.1. The smallest absolute Gasteiger partial charge is 0.241 e. The van der Waals surface area contributed by atoms with Crippen molar-refractivity contribution < 1.29 is 14.4 Å². The molecule has 0 heterocycles. The molecular weight excluding hydrogens is 282 g/mol. The molecule has 0 saturated heterocycles. The molecule has 1 aliphatic rings. The topological polar surface area (TPSA) is 106 Å².